The Morgan fingerprint density at radius 2 is 2.13 bits per heavy atom. The molecule has 0 saturated heterocycles. The van der Waals surface area contributed by atoms with Crippen LogP contribution in [0.3, 0.4) is 0 Å². The molecule has 2 rings (SSSR count). The minimum absolute atomic E-state index is 0.0916. The fourth-order valence-corrected chi connectivity index (χ4v) is 2.01. The Kier molecular flexibility index (Phi) is 5.19. The van der Waals surface area contributed by atoms with Gasteiger partial charge in [0.25, 0.3) is 5.56 Å². The molecule has 0 aliphatic carbocycles. The number of halogens is 3. The molecule has 0 aromatic carbocycles. The van der Waals surface area contributed by atoms with Crippen molar-refractivity contribution >= 4 is 0 Å². The Morgan fingerprint density at radius 1 is 1.39 bits per heavy atom. The summed E-state index contributed by atoms with van der Waals surface area (Å²) in [5, 5.41) is 12.1. The first kappa shape index (κ1) is 17.2. The van der Waals surface area contributed by atoms with E-state index in [4.69, 9.17) is 5.11 Å². The largest absolute Gasteiger partial charge is 0.471 e. The summed E-state index contributed by atoms with van der Waals surface area (Å²) in [7, 11) is 0. The van der Waals surface area contributed by atoms with Crippen molar-refractivity contribution in [1.82, 2.24) is 14.7 Å². The summed E-state index contributed by atoms with van der Waals surface area (Å²) in [6.07, 6.45) is -1.88. The van der Waals surface area contributed by atoms with E-state index in [-0.39, 0.29) is 29.5 Å². The predicted octanol–water partition coefficient (Wildman–Crippen LogP) is 2.33. The van der Waals surface area contributed by atoms with E-state index < -0.39 is 12.1 Å². The molecule has 9 heteroatoms. The average molecular weight is 331 g/mol. The summed E-state index contributed by atoms with van der Waals surface area (Å²) in [5.41, 5.74) is -0.203. The van der Waals surface area contributed by atoms with Crippen LogP contribution in [0, 0.1) is 5.92 Å². The zero-order chi connectivity index (χ0) is 17.0. The van der Waals surface area contributed by atoms with Crippen molar-refractivity contribution in [2.75, 3.05) is 6.61 Å². The fourth-order valence-electron chi connectivity index (χ4n) is 2.01. The van der Waals surface area contributed by atoms with E-state index >= 15 is 0 Å². The van der Waals surface area contributed by atoms with E-state index in [9.17, 15) is 18.0 Å². The molecule has 23 heavy (non-hydrogen) atoms. The number of aromatic nitrogens is 3. The number of hydrogen-bond acceptors (Lipinski definition) is 5. The van der Waals surface area contributed by atoms with E-state index in [1.54, 1.807) is 0 Å². The van der Waals surface area contributed by atoms with Crippen LogP contribution in [0.2, 0.25) is 0 Å². The molecule has 1 atom stereocenters. The fraction of sp³-hybridized carbons (Fsp3) is 0.500. The zero-order valence-electron chi connectivity index (χ0n) is 12.4. The standard InChI is InChI=1S/C14H16F3N3O3/c1-9(4-7-21)2-5-20-6-3-10(8-11(20)22)12-18-13(23-19-12)14(15,16)17/h3,6,8-9,21H,2,4-5,7H2,1H3. The molecule has 126 valence electrons. The normalized spacial score (nSPS) is 13.3. The minimum Gasteiger partial charge on any atom is -0.396 e. The van der Waals surface area contributed by atoms with Gasteiger partial charge in [0.1, 0.15) is 0 Å². The average Bonchev–Trinajstić information content (AvgIpc) is 2.96. The van der Waals surface area contributed by atoms with Gasteiger partial charge in [-0.1, -0.05) is 12.1 Å². The molecule has 0 spiro atoms. The number of hydrogen-bond donors (Lipinski definition) is 1. The molecule has 1 unspecified atom stereocenters. The Labute approximate surface area is 129 Å². The maximum atomic E-state index is 12.4. The molecule has 2 aromatic heterocycles. The van der Waals surface area contributed by atoms with Crippen molar-refractivity contribution < 1.29 is 22.8 Å². The third-order valence-electron chi connectivity index (χ3n) is 3.41. The van der Waals surface area contributed by atoms with E-state index in [1.165, 1.54) is 22.9 Å². The van der Waals surface area contributed by atoms with Crippen LogP contribution >= 0.6 is 0 Å². The van der Waals surface area contributed by atoms with Crippen LogP contribution in [-0.4, -0.2) is 26.4 Å². The molecule has 0 saturated carbocycles. The quantitative estimate of drug-likeness (QED) is 0.878. The lowest BCUT2D eigenvalue weighted by atomic mass is 10.0. The van der Waals surface area contributed by atoms with Crippen molar-refractivity contribution in [2.45, 2.75) is 32.5 Å². The van der Waals surface area contributed by atoms with Gasteiger partial charge in [0.2, 0.25) is 5.82 Å². The van der Waals surface area contributed by atoms with Crippen LogP contribution in [0.15, 0.2) is 27.6 Å². The van der Waals surface area contributed by atoms with E-state index in [1.807, 2.05) is 6.92 Å². The molecule has 0 radical (unpaired) electrons. The summed E-state index contributed by atoms with van der Waals surface area (Å²) < 4.78 is 42.8. The van der Waals surface area contributed by atoms with Crippen molar-refractivity contribution in [3.8, 4) is 11.4 Å². The monoisotopic (exact) mass is 331 g/mol. The summed E-state index contributed by atoms with van der Waals surface area (Å²) in [6.45, 7) is 2.52. The highest BCUT2D eigenvalue weighted by Gasteiger charge is 2.38. The molecule has 0 aliphatic heterocycles. The second-order valence-corrected chi connectivity index (χ2v) is 5.27. The number of nitrogens with zero attached hydrogens (tertiary/aromatic N) is 3. The van der Waals surface area contributed by atoms with Gasteiger partial charge in [0.15, 0.2) is 0 Å². The first-order valence-corrected chi connectivity index (χ1v) is 7.04. The van der Waals surface area contributed by atoms with Crippen LogP contribution in [-0.2, 0) is 12.7 Å². The second-order valence-electron chi connectivity index (χ2n) is 5.27. The van der Waals surface area contributed by atoms with Crippen molar-refractivity contribution in [3.63, 3.8) is 0 Å². The van der Waals surface area contributed by atoms with Crippen molar-refractivity contribution in [1.29, 1.82) is 0 Å². The summed E-state index contributed by atoms with van der Waals surface area (Å²) in [4.78, 5) is 15.2. The summed E-state index contributed by atoms with van der Waals surface area (Å²) in [5.74, 6) is -1.47. The molecule has 0 aliphatic rings. The lowest BCUT2D eigenvalue weighted by Gasteiger charge is -2.11. The van der Waals surface area contributed by atoms with Gasteiger partial charge in [-0.25, -0.2) is 0 Å². The van der Waals surface area contributed by atoms with Crippen LogP contribution in [0.1, 0.15) is 25.7 Å². The third kappa shape index (κ3) is 4.41. The Morgan fingerprint density at radius 3 is 2.70 bits per heavy atom. The molecular formula is C14H16F3N3O3. The van der Waals surface area contributed by atoms with Crippen LogP contribution < -0.4 is 5.56 Å². The van der Waals surface area contributed by atoms with Gasteiger partial charge in [0.05, 0.1) is 0 Å². The van der Waals surface area contributed by atoms with Gasteiger partial charge in [-0.05, 0) is 24.8 Å². The smallest absolute Gasteiger partial charge is 0.396 e. The lowest BCUT2D eigenvalue weighted by Crippen LogP contribution is -2.20. The Bertz CT molecular complexity index is 709. The topological polar surface area (TPSA) is 81.2 Å². The molecule has 0 amide bonds. The van der Waals surface area contributed by atoms with E-state index in [2.05, 4.69) is 14.7 Å². The maximum Gasteiger partial charge on any atom is 0.471 e. The maximum absolute atomic E-state index is 12.4. The van der Waals surface area contributed by atoms with Gasteiger partial charge >= 0.3 is 12.1 Å². The van der Waals surface area contributed by atoms with Gasteiger partial charge < -0.3 is 14.2 Å². The van der Waals surface area contributed by atoms with Gasteiger partial charge in [0, 0.05) is 31.0 Å². The van der Waals surface area contributed by atoms with Crippen LogP contribution in [0.4, 0.5) is 13.2 Å². The van der Waals surface area contributed by atoms with Gasteiger partial charge in [-0.15, -0.1) is 0 Å². The molecular weight excluding hydrogens is 315 g/mol. The number of alkyl halides is 3. The van der Waals surface area contributed by atoms with Crippen molar-refractivity contribution in [3.05, 3.63) is 34.6 Å². The highest BCUT2D eigenvalue weighted by atomic mass is 19.4. The summed E-state index contributed by atoms with van der Waals surface area (Å²) >= 11 is 0. The van der Waals surface area contributed by atoms with E-state index in [0.29, 0.717) is 19.4 Å². The third-order valence-corrected chi connectivity index (χ3v) is 3.41. The zero-order valence-corrected chi connectivity index (χ0v) is 12.4. The SMILES string of the molecule is CC(CCO)CCn1ccc(-c2noc(C(F)(F)F)n2)cc1=O. The molecule has 2 heterocycles. The summed E-state index contributed by atoms with van der Waals surface area (Å²) in [6, 6.07) is 2.63. The predicted molar refractivity (Wildman–Crippen MR) is 74.5 cm³/mol. The highest BCUT2D eigenvalue weighted by molar-refractivity contribution is 5.52. The second kappa shape index (κ2) is 6.95. The molecule has 1 N–H and O–H groups in total. The number of rotatable bonds is 6. The Hall–Kier alpha value is -2.16. The van der Waals surface area contributed by atoms with E-state index in [0.717, 1.165) is 0 Å². The minimum atomic E-state index is -4.72. The Balaban J connectivity index is 2.13. The number of aliphatic hydroxyl groups excluding tert-OH is 1. The molecule has 0 bridgehead atoms. The molecule has 2 aromatic rings. The van der Waals surface area contributed by atoms with Crippen LogP contribution in [0.25, 0.3) is 11.4 Å². The number of aryl methyl sites for hydroxylation is 1. The number of aliphatic hydroxyl groups is 1. The van der Waals surface area contributed by atoms with Crippen molar-refractivity contribution in [2.24, 2.45) is 5.92 Å². The lowest BCUT2D eigenvalue weighted by molar-refractivity contribution is -0.159. The molecule has 0 fully saturated rings. The van der Waals surface area contributed by atoms with Gasteiger partial charge in [-0.3, -0.25) is 4.79 Å². The van der Waals surface area contributed by atoms with Crippen LogP contribution in [0.5, 0.6) is 0 Å². The molecule has 6 nitrogen and oxygen atoms in total. The van der Waals surface area contributed by atoms with Gasteiger partial charge in [-0.2, -0.15) is 18.2 Å². The first-order valence-electron chi connectivity index (χ1n) is 7.04. The highest BCUT2D eigenvalue weighted by Crippen LogP contribution is 2.29. The first-order chi connectivity index (χ1) is 10.8. The number of pyridine rings is 1.